The van der Waals surface area contributed by atoms with Gasteiger partial charge in [-0.1, -0.05) is 20.8 Å². The van der Waals surface area contributed by atoms with Gasteiger partial charge in [0.15, 0.2) is 0 Å². The number of aromatic nitrogens is 3. The van der Waals surface area contributed by atoms with E-state index >= 15 is 0 Å². The maximum absolute atomic E-state index is 12.8. The molecule has 0 radical (unpaired) electrons. The molecule has 1 unspecified atom stereocenters. The smallest absolute Gasteiger partial charge is 0.265 e. The number of thiazole rings is 1. The highest BCUT2D eigenvalue weighted by atomic mass is 32.1. The van der Waals surface area contributed by atoms with Crippen molar-refractivity contribution in [3.05, 3.63) is 34.3 Å². The molecule has 0 N–H and O–H groups in total. The first kappa shape index (κ1) is 17.1. The van der Waals surface area contributed by atoms with Crippen LogP contribution < -0.4 is 0 Å². The maximum atomic E-state index is 12.8. The molecule has 1 aliphatic heterocycles. The molecule has 1 aliphatic rings. The van der Waals surface area contributed by atoms with Gasteiger partial charge in [-0.15, -0.1) is 11.3 Å². The average molecular weight is 347 g/mol. The lowest BCUT2D eigenvalue weighted by Gasteiger charge is -2.33. The summed E-state index contributed by atoms with van der Waals surface area (Å²) in [7, 11) is 0. The van der Waals surface area contributed by atoms with Crippen molar-refractivity contribution in [2.24, 2.45) is 5.92 Å². The zero-order chi connectivity index (χ0) is 17.1. The Bertz CT molecular complexity index is 691. The molecule has 24 heavy (non-hydrogen) atoms. The summed E-state index contributed by atoms with van der Waals surface area (Å²) >= 11 is 1.55. The van der Waals surface area contributed by atoms with Crippen molar-refractivity contribution in [3.8, 4) is 0 Å². The molecular weight excluding hydrogens is 320 g/mol. The van der Waals surface area contributed by atoms with Gasteiger partial charge in [0.25, 0.3) is 5.91 Å². The lowest BCUT2D eigenvalue weighted by Crippen LogP contribution is -2.40. The number of likely N-dealkylation sites (tertiary alicyclic amines) is 1. The molecule has 1 atom stereocenters. The standard InChI is InChI=1S/C18H26N4OS/c1-4-16-19-7-9-22(16)14-6-5-8-21(12-14)18(23)15-11-20-17(24-15)10-13(2)3/h7,9,11,13-14H,4-6,8,10,12H2,1-3H3. The van der Waals surface area contributed by atoms with Crippen LogP contribution in [-0.2, 0) is 12.8 Å². The lowest BCUT2D eigenvalue weighted by molar-refractivity contribution is 0.0682. The van der Waals surface area contributed by atoms with Crippen LogP contribution in [0.1, 0.15) is 60.2 Å². The second kappa shape index (κ2) is 7.47. The second-order valence-corrected chi connectivity index (χ2v) is 7.98. The van der Waals surface area contributed by atoms with Crippen molar-refractivity contribution in [3.63, 3.8) is 0 Å². The van der Waals surface area contributed by atoms with E-state index in [4.69, 9.17) is 0 Å². The Morgan fingerprint density at radius 2 is 2.25 bits per heavy atom. The molecule has 2 aromatic heterocycles. The van der Waals surface area contributed by atoms with Crippen molar-refractivity contribution in [2.75, 3.05) is 13.1 Å². The van der Waals surface area contributed by atoms with Crippen molar-refractivity contribution in [2.45, 2.75) is 52.5 Å². The van der Waals surface area contributed by atoms with E-state index in [-0.39, 0.29) is 5.91 Å². The number of aryl methyl sites for hydroxylation is 1. The van der Waals surface area contributed by atoms with E-state index in [1.54, 1.807) is 17.5 Å². The first-order chi connectivity index (χ1) is 11.6. The highest BCUT2D eigenvalue weighted by Gasteiger charge is 2.27. The van der Waals surface area contributed by atoms with E-state index in [1.165, 1.54) is 0 Å². The van der Waals surface area contributed by atoms with Crippen LogP contribution in [0.25, 0.3) is 0 Å². The SMILES string of the molecule is CCc1nccn1C1CCCN(C(=O)c2cnc(CC(C)C)s2)C1. The summed E-state index contributed by atoms with van der Waals surface area (Å²) in [4.78, 5) is 24.4. The first-order valence-corrected chi connectivity index (χ1v) is 9.65. The number of piperidine rings is 1. The molecule has 130 valence electrons. The molecule has 2 aromatic rings. The van der Waals surface area contributed by atoms with Crippen molar-refractivity contribution in [1.29, 1.82) is 0 Å². The molecule has 5 nitrogen and oxygen atoms in total. The van der Waals surface area contributed by atoms with Crippen LogP contribution in [0, 0.1) is 5.92 Å². The number of nitrogens with zero attached hydrogens (tertiary/aromatic N) is 4. The van der Waals surface area contributed by atoms with Gasteiger partial charge in [-0.2, -0.15) is 0 Å². The fourth-order valence-electron chi connectivity index (χ4n) is 3.33. The van der Waals surface area contributed by atoms with E-state index < -0.39 is 0 Å². The average Bonchev–Trinajstić information content (AvgIpc) is 3.22. The summed E-state index contributed by atoms with van der Waals surface area (Å²) in [6, 6.07) is 0.336. The van der Waals surface area contributed by atoms with Gasteiger partial charge < -0.3 is 9.47 Å². The van der Waals surface area contributed by atoms with E-state index in [0.717, 1.165) is 54.5 Å². The molecule has 0 aromatic carbocycles. The highest BCUT2D eigenvalue weighted by Crippen LogP contribution is 2.26. The van der Waals surface area contributed by atoms with Crippen molar-refractivity contribution < 1.29 is 4.79 Å². The molecule has 0 spiro atoms. The van der Waals surface area contributed by atoms with Crippen LogP contribution in [0.2, 0.25) is 0 Å². The third kappa shape index (κ3) is 3.69. The predicted octanol–water partition coefficient (Wildman–Crippen LogP) is 3.58. The molecule has 3 rings (SSSR count). The number of hydrogen-bond acceptors (Lipinski definition) is 4. The van der Waals surface area contributed by atoms with Crippen LogP contribution in [0.3, 0.4) is 0 Å². The van der Waals surface area contributed by atoms with E-state index in [0.29, 0.717) is 12.0 Å². The fourth-order valence-corrected chi connectivity index (χ4v) is 4.42. The molecule has 0 saturated carbocycles. The van der Waals surface area contributed by atoms with Gasteiger partial charge in [0.1, 0.15) is 10.7 Å². The summed E-state index contributed by atoms with van der Waals surface area (Å²) in [5, 5.41) is 1.06. The molecule has 1 amide bonds. The monoisotopic (exact) mass is 346 g/mol. The highest BCUT2D eigenvalue weighted by molar-refractivity contribution is 7.13. The van der Waals surface area contributed by atoms with Crippen LogP contribution in [-0.4, -0.2) is 38.4 Å². The Balaban J connectivity index is 1.70. The Hall–Kier alpha value is -1.69. The lowest BCUT2D eigenvalue weighted by atomic mass is 10.0. The maximum Gasteiger partial charge on any atom is 0.265 e. The van der Waals surface area contributed by atoms with Crippen LogP contribution >= 0.6 is 11.3 Å². The Morgan fingerprint density at radius 1 is 1.42 bits per heavy atom. The molecular formula is C18H26N4OS. The third-order valence-corrected chi connectivity index (χ3v) is 5.50. The van der Waals surface area contributed by atoms with E-state index in [1.807, 2.05) is 17.3 Å². The number of rotatable bonds is 5. The Kier molecular flexibility index (Phi) is 5.33. The minimum absolute atomic E-state index is 0.130. The van der Waals surface area contributed by atoms with E-state index in [9.17, 15) is 4.79 Å². The number of imidazole rings is 1. The van der Waals surface area contributed by atoms with Gasteiger partial charge in [0.05, 0.1) is 17.2 Å². The molecule has 0 aliphatic carbocycles. The van der Waals surface area contributed by atoms with Gasteiger partial charge in [-0.05, 0) is 18.8 Å². The summed E-state index contributed by atoms with van der Waals surface area (Å²) in [5.41, 5.74) is 0. The molecule has 6 heteroatoms. The molecule has 0 bridgehead atoms. The minimum atomic E-state index is 0.130. The van der Waals surface area contributed by atoms with Gasteiger partial charge in [0, 0.05) is 38.3 Å². The normalized spacial score (nSPS) is 18.3. The van der Waals surface area contributed by atoms with Gasteiger partial charge in [-0.3, -0.25) is 4.79 Å². The fraction of sp³-hybridized carbons (Fsp3) is 0.611. The number of carbonyl (C=O) groups is 1. The molecule has 1 saturated heterocycles. The van der Waals surface area contributed by atoms with Gasteiger partial charge in [0.2, 0.25) is 0 Å². The predicted molar refractivity (Wildman–Crippen MR) is 96.4 cm³/mol. The van der Waals surface area contributed by atoms with Crippen molar-refractivity contribution in [1.82, 2.24) is 19.4 Å². The van der Waals surface area contributed by atoms with Crippen LogP contribution in [0.5, 0.6) is 0 Å². The zero-order valence-electron chi connectivity index (χ0n) is 14.7. The van der Waals surface area contributed by atoms with Gasteiger partial charge >= 0.3 is 0 Å². The molecule has 3 heterocycles. The minimum Gasteiger partial charge on any atom is -0.336 e. The molecule has 1 fully saturated rings. The summed E-state index contributed by atoms with van der Waals surface area (Å²) in [6.45, 7) is 8.07. The zero-order valence-corrected chi connectivity index (χ0v) is 15.6. The van der Waals surface area contributed by atoms with Crippen LogP contribution in [0.15, 0.2) is 18.6 Å². The Labute approximate surface area is 147 Å². The summed E-state index contributed by atoms with van der Waals surface area (Å²) in [6.07, 6.45) is 9.67. The number of hydrogen-bond donors (Lipinski definition) is 0. The number of amides is 1. The third-order valence-electron chi connectivity index (χ3n) is 4.49. The van der Waals surface area contributed by atoms with Crippen molar-refractivity contribution >= 4 is 17.2 Å². The topological polar surface area (TPSA) is 51.0 Å². The summed E-state index contributed by atoms with van der Waals surface area (Å²) in [5.74, 6) is 1.80. The quantitative estimate of drug-likeness (QED) is 0.831. The summed E-state index contributed by atoms with van der Waals surface area (Å²) < 4.78 is 2.25. The van der Waals surface area contributed by atoms with Crippen LogP contribution in [0.4, 0.5) is 0 Å². The van der Waals surface area contributed by atoms with Gasteiger partial charge in [-0.25, -0.2) is 9.97 Å². The largest absolute Gasteiger partial charge is 0.336 e. The Morgan fingerprint density at radius 3 is 3.00 bits per heavy atom. The van der Waals surface area contributed by atoms with E-state index in [2.05, 4.69) is 35.3 Å². The second-order valence-electron chi connectivity index (χ2n) is 6.87. The first-order valence-electron chi connectivity index (χ1n) is 8.84. The number of carbonyl (C=O) groups excluding carboxylic acids is 1.